The monoisotopic (exact) mass is 358 g/mol. The van der Waals surface area contributed by atoms with E-state index < -0.39 is 0 Å². The second-order valence-electron chi connectivity index (χ2n) is 6.99. The molecule has 0 radical (unpaired) electrons. The summed E-state index contributed by atoms with van der Waals surface area (Å²) in [6.07, 6.45) is 5.19. The number of aromatic amines is 1. The summed E-state index contributed by atoms with van der Waals surface area (Å²) < 4.78 is 0. The van der Waals surface area contributed by atoms with Gasteiger partial charge in [-0.25, -0.2) is 0 Å². The first kappa shape index (κ1) is 17.3. The topological polar surface area (TPSA) is 53.2 Å². The van der Waals surface area contributed by atoms with Gasteiger partial charge in [0.2, 0.25) is 5.91 Å². The van der Waals surface area contributed by atoms with E-state index >= 15 is 0 Å². The second-order valence-corrected chi connectivity index (χ2v) is 6.99. The summed E-state index contributed by atoms with van der Waals surface area (Å²) in [5, 5.41) is 0.960. The highest BCUT2D eigenvalue weighted by molar-refractivity contribution is 6.09. The maximum Gasteiger partial charge on any atom is 0.219 e. The van der Waals surface area contributed by atoms with E-state index in [0.29, 0.717) is 13.0 Å². The molecule has 0 saturated heterocycles. The van der Waals surface area contributed by atoms with Crippen molar-refractivity contribution < 1.29 is 9.59 Å². The van der Waals surface area contributed by atoms with Gasteiger partial charge < -0.3 is 9.88 Å². The Hall–Kier alpha value is -3.14. The molecule has 0 saturated carbocycles. The molecule has 136 valence electrons. The van der Waals surface area contributed by atoms with Crippen molar-refractivity contribution in [1.29, 1.82) is 0 Å². The van der Waals surface area contributed by atoms with Crippen LogP contribution in [0.4, 0.5) is 0 Å². The van der Waals surface area contributed by atoms with E-state index in [2.05, 4.69) is 23.2 Å². The van der Waals surface area contributed by atoms with Gasteiger partial charge in [0, 0.05) is 49.1 Å². The number of hydrogen-bond donors (Lipinski definition) is 1. The fourth-order valence-corrected chi connectivity index (χ4v) is 3.65. The number of fused-ring (bicyclic) bond motifs is 1. The number of Topliss-reactive ketones (excluding diaryl/α,β-unsaturated/α-hetero) is 1. The molecule has 0 atom stereocenters. The third-order valence-corrected chi connectivity index (χ3v) is 5.21. The van der Waals surface area contributed by atoms with E-state index in [1.165, 1.54) is 5.57 Å². The number of benzene rings is 2. The minimum absolute atomic E-state index is 0.117. The smallest absolute Gasteiger partial charge is 0.219 e. The van der Waals surface area contributed by atoms with E-state index in [1.807, 2.05) is 47.5 Å². The van der Waals surface area contributed by atoms with Crippen LogP contribution in [0.3, 0.4) is 0 Å². The van der Waals surface area contributed by atoms with Crippen LogP contribution in [0, 0.1) is 0 Å². The summed E-state index contributed by atoms with van der Waals surface area (Å²) in [5.74, 6) is 0.237. The number of carbonyl (C=O) groups excluding carboxylic acids is 2. The molecule has 0 aliphatic carbocycles. The number of hydrogen-bond acceptors (Lipinski definition) is 2. The summed E-state index contributed by atoms with van der Waals surface area (Å²) in [6, 6.07) is 16.0. The first-order chi connectivity index (χ1) is 13.1. The minimum Gasteiger partial charge on any atom is -0.360 e. The quantitative estimate of drug-likeness (QED) is 0.710. The predicted octanol–water partition coefficient (Wildman–Crippen LogP) is 4.23. The zero-order valence-corrected chi connectivity index (χ0v) is 15.4. The van der Waals surface area contributed by atoms with Gasteiger partial charge in [0.05, 0.1) is 0 Å². The Morgan fingerprint density at radius 3 is 2.63 bits per heavy atom. The van der Waals surface area contributed by atoms with Gasteiger partial charge in [0.15, 0.2) is 5.78 Å². The summed E-state index contributed by atoms with van der Waals surface area (Å²) >= 11 is 0. The number of nitrogens with zero attached hydrogens (tertiary/aromatic N) is 1. The number of aromatic nitrogens is 1. The van der Waals surface area contributed by atoms with Crippen LogP contribution in [0.15, 0.2) is 60.8 Å². The van der Waals surface area contributed by atoms with Crippen LogP contribution in [0.2, 0.25) is 0 Å². The number of nitrogens with one attached hydrogen (secondary N) is 1. The van der Waals surface area contributed by atoms with E-state index in [-0.39, 0.29) is 11.7 Å². The lowest BCUT2D eigenvalue weighted by Gasteiger charge is -2.25. The normalized spacial score (nSPS) is 14.3. The van der Waals surface area contributed by atoms with Crippen molar-refractivity contribution in [3.63, 3.8) is 0 Å². The zero-order chi connectivity index (χ0) is 18.8. The lowest BCUT2D eigenvalue weighted by atomic mass is 9.97. The Kier molecular flexibility index (Phi) is 4.63. The van der Waals surface area contributed by atoms with Gasteiger partial charge in [-0.3, -0.25) is 9.59 Å². The van der Waals surface area contributed by atoms with Crippen molar-refractivity contribution in [2.45, 2.75) is 19.8 Å². The molecule has 4 nitrogen and oxygen atoms in total. The van der Waals surface area contributed by atoms with Crippen LogP contribution in [-0.4, -0.2) is 34.7 Å². The van der Waals surface area contributed by atoms with Crippen LogP contribution < -0.4 is 0 Å². The van der Waals surface area contributed by atoms with Crippen LogP contribution in [0.25, 0.3) is 16.5 Å². The van der Waals surface area contributed by atoms with Crippen LogP contribution >= 0.6 is 0 Å². The zero-order valence-electron chi connectivity index (χ0n) is 15.4. The molecule has 0 spiro atoms. The SMILES string of the molecule is CC(=O)N1CC=C(c2ccc3c(C(=O)Cc4ccccc4)c[nH]c3c2)CC1. The van der Waals surface area contributed by atoms with Gasteiger partial charge >= 0.3 is 0 Å². The van der Waals surface area contributed by atoms with Crippen molar-refractivity contribution in [2.24, 2.45) is 0 Å². The van der Waals surface area contributed by atoms with Crippen molar-refractivity contribution >= 4 is 28.2 Å². The Morgan fingerprint density at radius 2 is 1.93 bits per heavy atom. The first-order valence-electron chi connectivity index (χ1n) is 9.25. The molecule has 1 aliphatic heterocycles. The van der Waals surface area contributed by atoms with E-state index in [0.717, 1.165) is 40.6 Å². The number of amides is 1. The molecule has 1 aromatic heterocycles. The summed E-state index contributed by atoms with van der Waals surface area (Å²) in [5.41, 5.74) is 5.13. The van der Waals surface area contributed by atoms with Crippen LogP contribution in [-0.2, 0) is 11.2 Å². The van der Waals surface area contributed by atoms with E-state index in [9.17, 15) is 9.59 Å². The molecule has 0 bridgehead atoms. The highest BCUT2D eigenvalue weighted by atomic mass is 16.2. The second kappa shape index (κ2) is 7.23. The lowest BCUT2D eigenvalue weighted by Crippen LogP contribution is -2.32. The maximum atomic E-state index is 12.7. The van der Waals surface area contributed by atoms with Gasteiger partial charge in [0.25, 0.3) is 0 Å². The molecular weight excluding hydrogens is 336 g/mol. The number of ketones is 1. The summed E-state index contributed by atoms with van der Waals surface area (Å²) in [6.45, 7) is 3.02. The molecular formula is C23H22N2O2. The van der Waals surface area contributed by atoms with Gasteiger partial charge in [0.1, 0.15) is 0 Å². The maximum absolute atomic E-state index is 12.7. The molecule has 27 heavy (non-hydrogen) atoms. The molecule has 0 unspecified atom stereocenters. The number of carbonyl (C=O) groups is 2. The van der Waals surface area contributed by atoms with Gasteiger partial charge in [-0.1, -0.05) is 48.5 Å². The third-order valence-electron chi connectivity index (χ3n) is 5.21. The average molecular weight is 358 g/mol. The first-order valence-corrected chi connectivity index (χ1v) is 9.25. The Morgan fingerprint density at radius 1 is 1.11 bits per heavy atom. The highest BCUT2D eigenvalue weighted by Crippen LogP contribution is 2.27. The Labute approximate surface area is 158 Å². The molecule has 1 N–H and O–H groups in total. The number of H-pyrrole nitrogens is 1. The van der Waals surface area contributed by atoms with E-state index in [1.54, 1.807) is 6.92 Å². The van der Waals surface area contributed by atoms with Crippen molar-refractivity contribution in [2.75, 3.05) is 13.1 Å². The van der Waals surface area contributed by atoms with Gasteiger partial charge in [-0.2, -0.15) is 0 Å². The molecule has 2 heterocycles. The molecule has 3 aromatic rings. The summed E-state index contributed by atoms with van der Waals surface area (Å²) in [7, 11) is 0. The molecule has 4 rings (SSSR count). The predicted molar refractivity (Wildman–Crippen MR) is 108 cm³/mol. The molecule has 0 fully saturated rings. The van der Waals surface area contributed by atoms with E-state index in [4.69, 9.17) is 0 Å². The third kappa shape index (κ3) is 3.56. The number of rotatable bonds is 4. The fraction of sp³-hybridized carbons (Fsp3) is 0.217. The highest BCUT2D eigenvalue weighted by Gasteiger charge is 2.17. The summed E-state index contributed by atoms with van der Waals surface area (Å²) in [4.78, 5) is 29.3. The average Bonchev–Trinajstić information content (AvgIpc) is 3.12. The lowest BCUT2D eigenvalue weighted by molar-refractivity contribution is -0.128. The molecule has 1 amide bonds. The standard InChI is InChI=1S/C23H22N2O2/c1-16(26)25-11-9-18(10-12-25)19-7-8-20-21(15-24-22(20)14-19)23(27)13-17-5-3-2-4-6-17/h2-9,14-15,24H,10-13H2,1H3. The van der Waals surface area contributed by atoms with Crippen molar-refractivity contribution in [3.8, 4) is 0 Å². The largest absolute Gasteiger partial charge is 0.360 e. The van der Waals surface area contributed by atoms with Crippen molar-refractivity contribution in [3.05, 3.63) is 77.5 Å². The van der Waals surface area contributed by atoms with Crippen LogP contribution in [0.5, 0.6) is 0 Å². The van der Waals surface area contributed by atoms with Gasteiger partial charge in [-0.05, 0) is 29.2 Å². The molecule has 4 heteroatoms. The van der Waals surface area contributed by atoms with Gasteiger partial charge in [-0.15, -0.1) is 0 Å². The molecule has 2 aromatic carbocycles. The Bertz CT molecular complexity index is 1030. The minimum atomic E-state index is 0.117. The Balaban J connectivity index is 1.57. The van der Waals surface area contributed by atoms with Crippen LogP contribution in [0.1, 0.15) is 34.8 Å². The molecule has 1 aliphatic rings. The fourth-order valence-electron chi connectivity index (χ4n) is 3.65. The van der Waals surface area contributed by atoms with Crippen molar-refractivity contribution in [1.82, 2.24) is 9.88 Å².